The monoisotopic (exact) mass is 395 g/mol. The summed E-state index contributed by atoms with van der Waals surface area (Å²) in [7, 11) is 0. The molecule has 2 heterocycles. The number of hydrogen-bond acceptors (Lipinski definition) is 5. The van der Waals surface area contributed by atoms with Crippen LogP contribution in [0.15, 0.2) is 59.0 Å². The average molecular weight is 395 g/mol. The molecule has 6 nitrogen and oxygen atoms in total. The molecule has 0 N–H and O–H groups in total. The van der Waals surface area contributed by atoms with Crippen molar-refractivity contribution in [1.29, 1.82) is 0 Å². The first-order valence-corrected chi connectivity index (χ1v) is 9.70. The number of likely N-dealkylation sites (tertiary alicyclic amines) is 1. The maximum atomic E-state index is 13.0. The first-order valence-electron chi connectivity index (χ1n) is 9.70. The van der Waals surface area contributed by atoms with E-state index >= 15 is 0 Å². The van der Waals surface area contributed by atoms with E-state index in [1.165, 1.54) is 12.1 Å². The number of carbonyl (C=O) groups excluding carboxylic acids is 1. The first-order chi connectivity index (χ1) is 14.2. The van der Waals surface area contributed by atoms with E-state index in [-0.39, 0.29) is 24.2 Å². The van der Waals surface area contributed by atoms with E-state index in [1.54, 1.807) is 17.0 Å². The zero-order valence-electron chi connectivity index (χ0n) is 16.0. The predicted octanol–water partition coefficient (Wildman–Crippen LogP) is 3.58. The summed E-state index contributed by atoms with van der Waals surface area (Å²) in [6, 6.07) is 15.5. The Labute approximate surface area is 168 Å². The molecule has 1 fully saturated rings. The van der Waals surface area contributed by atoms with Crippen molar-refractivity contribution in [3.05, 3.63) is 77.8 Å². The van der Waals surface area contributed by atoms with Crippen molar-refractivity contribution in [1.82, 2.24) is 15.1 Å². The summed E-state index contributed by atoms with van der Waals surface area (Å²) in [6.07, 6.45) is 2.21. The Morgan fingerprint density at radius 2 is 1.93 bits per heavy atom. The summed E-state index contributed by atoms with van der Waals surface area (Å²) in [5, 5.41) is 8.30. The molecule has 150 valence electrons. The SMILES string of the molecule is O=C(COc1ccccc1)N1CCC[C@@H](c2nnc(Cc3ccc(F)cc3)o2)C1. The van der Waals surface area contributed by atoms with Gasteiger partial charge in [0.15, 0.2) is 6.61 Å². The van der Waals surface area contributed by atoms with Gasteiger partial charge in [0.05, 0.1) is 12.3 Å². The highest BCUT2D eigenvalue weighted by Crippen LogP contribution is 2.26. The van der Waals surface area contributed by atoms with Crippen LogP contribution in [0.5, 0.6) is 5.75 Å². The van der Waals surface area contributed by atoms with Crippen LogP contribution in [-0.4, -0.2) is 40.7 Å². The quantitative estimate of drug-likeness (QED) is 0.638. The third-order valence-electron chi connectivity index (χ3n) is 4.98. The van der Waals surface area contributed by atoms with Crippen molar-refractivity contribution >= 4 is 5.91 Å². The summed E-state index contributed by atoms with van der Waals surface area (Å²) in [5.41, 5.74) is 0.903. The Morgan fingerprint density at radius 1 is 1.14 bits per heavy atom. The third kappa shape index (κ3) is 4.99. The number of hydrogen-bond donors (Lipinski definition) is 0. The highest BCUT2D eigenvalue weighted by molar-refractivity contribution is 5.78. The molecule has 1 aliphatic heterocycles. The second kappa shape index (κ2) is 8.86. The second-order valence-corrected chi connectivity index (χ2v) is 7.12. The highest BCUT2D eigenvalue weighted by Gasteiger charge is 2.28. The number of para-hydroxylation sites is 1. The van der Waals surface area contributed by atoms with Crippen LogP contribution in [-0.2, 0) is 11.2 Å². The Kier molecular flexibility index (Phi) is 5.84. The molecule has 29 heavy (non-hydrogen) atoms. The zero-order valence-corrected chi connectivity index (χ0v) is 16.0. The Hall–Kier alpha value is -3.22. The topological polar surface area (TPSA) is 68.5 Å². The van der Waals surface area contributed by atoms with E-state index in [0.717, 1.165) is 18.4 Å². The normalized spacial score (nSPS) is 16.6. The average Bonchev–Trinajstić information content (AvgIpc) is 3.23. The van der Waals surface area contributed by atoms with Crippen LogP contribution in [0.4, 0.5) is 4.39 Å². The molecule has 1 saturated heterocycles. The number of benzene rings is 2. The van der Waals surface area contributed by atoms with Crippen molar-refractivity contribution in [2.45, 2.75) is 25.2 Å². The summed E-state index contributed by atoms with van der Waals surface area (Å²) in [5.74, 6) is 1.40. The summed E-state index contributed by atoms with van der Waals surface area (Å²) in [6.45, 7) is 1.25. The summed E-state index contributed by atoms with van der Waals surface area (Å²) < 4.78 is 24.4. The number of piperidine rings is 1. The number of carbonyl (C=O) groups is 1. The summed E-state index contributed by atoms with van der Waals surface area (Å²) in [4.78, 5) is 14.3. The van der Waals surface area contributed by atoms with Gasteiger partial charge in [-0.05, 0) is 42.7 Å². The van der Waals surface area contributed by atoms with E-state index in [2.05, 4.69) is 10.2 Å². The van der Waals surface area contributed by atoms with Crippen LogP contribution in [0.25, 0.3) is 0 Å². The minimum Gasteiger partial charge on any atom is -0.484 e. The summed E-state index contributed by atoms with van der Waals surface area (Å²) >= 11 is 0. The van der Waals surface area contributed by atoms with Crippen LogP contribution in [0.3, 0.4) is 0 Å². The fourth-order valence-electron chi connectivity index (χ4n) is 3.44. The molecule has 0 aliphatic carbocycles. The molecule has 0 bridgehead atoms. The number of rotatable bonds is 6. The molecule has 1 amide bonds. The minimum absolute atomic E-state index is 0.0103. The van der Waals surface area contributed by atoms with Crippen molar-refractivity contribution in [2.24, 2.45) is 0 Å². The number of nitrogens with zero attached hydrogens (tertiary/aromatic N) is 3. The van der Waals surface area contributed by atoms with Crippen LogP contribution >= 0.6 is 0 Å². The van der Waals surface area contributed by atoms with Crippen molar-refractivity contribution < 1.29 is 18.3 Å². The Balaban J connectivity index is 1.34. The van der Waals surface area contributed by atoms with E-state index in [1.807, 2.05) is 30.3 Å². The van der Waals surface area contributed by atoms with Crippen molar-refractivity contribution in [3.63, 3.8) is 0 Å². The fraction of sp³-hybridized carbons (Fsp3) is 0.318. The van der Waals surface area contributed by atoms with Crippen LogP contribution < -0.4 is 4.74 Å². The largest absolute Gasteiger partial charge is 0.484 e. The smallest absolute Gasteiger partial charge is 0.260 e. The lowest BCUT2D eigenvalue weighted by Crippen LogP contribution is -2.41. The molecule has 2 aromatic carbocycles. The molecule has 1 aliphatic rings. The van der Waals surface area contributed by atoms with Gasteiger partial charge in [-0.15, -0.1) is 10.2 Å². The van der Waals surface area contributed by atoms with E-state index < -0.39 is 0 Å². The third-order valence-corrected chi connectivity index (χ3v) is 4.98. The molecule has 0 radical (unpaired) electrons. The molecule has 1 atom stereocenters. The molecule has 1 aromatic heterocycles. The maximum absolute atomic E-state index is 13.0. The predicted molar refractivity (Wildman–Crippen MR) is 104 cm³/mol. The number of halogens is 1. The van der Waals surface area contributed by atoms with Crippen LogP contribution in [0, 0.1) is 5.82 Å². The lowest BCUT2D eigenvalue weighted by molar-refractivity contribution is -0.134. The first kappa shape index (κ1) is 19.1. The number of ether oxygens (including phenoxy) is 1. The Morgan fingerprint density at radius 3 is 2.72 bits per heavy atom. The maximum Gasteiger partial charge on any atom is 0.260 e. The van der Waals surface area contributed by atoms with Gasteiger partial charge in [0, 0.05) is 13.1 Å². The fourth-order valence-corrected chi connectivity index (χ4v) is 3.44. The molecule has 4 rings (SSSR count). The van der Waals surface area contributed by atoms with Gasteiger partial charge in [-0.3, -0.25) is 4.79 Å². The van der Waals surface area contributed by atoms with E-state index in [4.69, 9.17) is 9.15 Å². The van der Waals surface area contributed by atoms with Crippen LogP contribution in [0.2, 0.25) is 0 Å². The van der Waals surface area contributed by atoms with E-state index in [9.17, 15) is 9.18 Å². The standard InChI is InChI=1S/C22H22FN3O3/c23-18-10-8-16(9-11-18)13-20-24-25-22(29-20)17-5-4-12-26(14-17)21(27)15-28-19-6-2-1-3-7-19/h1-3,6-11,17H,4-5,12-15H2/t17-/m1/s1. The second-order valence-electron chi connectivity index (χ2n) is 7.12. The molecule has 3 aromatic rings. The highest BCUT2D eigenvalue weighted by atomic mass is 19.1. The Bertz CT molecular complexity index is 943. The van der Waals surface area contributed by atoms with Gasteiger partial charge in [-0.25, -0.2) is 4.39 Å². The van der Waals surface area contributed by atoms with Gasteiger partial charge in [0.1, 0.15) is 11.6 Å². The zero-order chi connectivity index (χ0) is 20.1. The molecular weight excluding hydrogens is 373 g/mol. The van der Waals surface area contributed by atoms with Gasteiger partial charge in [0.25, 0.3) is 5.91 Å². The molecular formula is C22H22FN3O3. The molecule has 7 heteroatoms. The van der Waals surface area contributed by atoms with E-state index in [0.29, 0.717) is 37.0 Å². The lowest BCUT2D eigenvalue weighted by atomic mass is 9.98. The van der Waals surface area contributed by atoms with Crippen molar-refractivity contribution in [3.8, 4) is 5.75 Å². The van der Waals surface area contributed by atoms with Gasteiger partial charge >= 0.3 is 0 Å². The number of amides is 1. The molecule has 0 unspecified atom stereocenters. The van der Waals surface area contributed by atoms with Gasteiger partial charge < -0.3 is 14.1 Å². The van der Waals surface area contributed by atoms with Gasteiger partial charge in [-0.2, -0.15) is 0 Å². The minimum atomic E-state index is -0.275. The lowest BCUT2D eigenvalue weighted by Gasteiger charge is -2.31. The van der Waals surface area contributed by atoms with Gasteiger partial charge in [-0.1, -0.05) is 30.3 Å². The van der Waals surface area contributed by atoms with Gasteiger partial charge in [0.2, 0.25) is 11.8 Å². The van der Waals surface area contributed by atoms with Crippen molar-refractivity contribution in [2.75, 3.05) is 19.7 Å². The molecule has 0 saturated carbocycles. The number of aromatic nitrogens is 2. The molecule has 0 spiro atoms. The van der Waals surface area contributed by atoms with Crippen LogP contribution in [0.1, 0.15) is 36.1 Å².